The Morgan fingerprint density at radius 1 is 0.909 bits per heavy atom. The lowest BCUT2D eigenvalue weighted by Crippen LogP contribution is -2.43. The highest BCUT2D eigenvalue weighted by atomic mass is 32.2. The van der Waals surface area contributed by atoms with Gasteiger partial charge in [-0.25, -0.2) is 8.42 Å². The molecule has 2 aromatic carbocycles. The average molecular weight is 468 g/mol. The van der Waals surface area contributed by atoms with E-state index in [9.17, 15) is 8.42 Å². The second-order valence-electron chi connectivity index (χ2n) is 10.6. The normalized spacial score (nSPS) is 26.2. The van der Waals surface area contributed by atoms with Crippen molar-refractivity contribution in [2.75, 3.05) is 20.2 Å². The summed E-state index contributed by atoms with van der Waals surface area (Å²) in [5.41, 5.74) is 3.46. The summed E-state index contributed by atoms with van der Waals surface area (Å²) in [6.45, 7) is 5.82. The molecule has 3 atom stereocenters. The summed E-state index contributed by atoms with van der Waals surface area (Å²) in [6, 6.07) is 14.6. The van der Waals surface area contributed by atoms with Crippen molar-refractivity contribution in [2.24, 2.45) is 11.8 Å². The molecule has 2 saturated carbocycles. The second-order valence-corrected chi connectivity index (χ2v) is 13.1. The fourth-order valence-electron chi connectivity index (χ4n) is 6.54. The molecule has 3 aliphatic rings. The number of piperidine rings is 1. The minimum absolute atomic E-state index is 0.392. The second kappa shape index (κ2) is 9.07. The summed E-state index contributed by atoms with van der Waals surface area (Å²) in [5, 5.41) is -0.416. The van der Waals surface area contributed by atoms with E-state index in [0.29, 0.717) is 10.8 Å². The predicted octanol–water partition coefficient (Wildman–Crippen LogP) is 5.91. The van der Waals surface area contributed by atoms with Crippen LogP contribution in [0.1, 0.15) is 63.9 Å². The molecule has 33 heavy (non-hydrogen) atoms. The molecule has 0 amide bonds. The Labute approximate surface area is 199 Å². The van der Waals surface area contributed by atoms with E-state index in [2.05, 4.69) is 23.1 Å². The van der Waals surface area contributed by atoms with Crippen molar-refractivity contribution >= 4 is 9.84 Å². The third-order valence-corrected chi connectivity index (χ3v) is 10.7. The van der Waals surface area contributed by atoms with Crippen LogP contribution in [-0.4, -0.2) is 44.8 Å². The van der Waals surface area contributed by atoms with Gasteiger partial charge < -0.3 is 9.64 Å². The van der Waals surface area contributed by atoms with E-state index >= 15 is 0 Å². The van der Waals surface area contributed by atoms with E-state index < -0.39 is 15.1 Å². The van der Waals surface area contributed by atoms with Gasteiger partial charge in [0.15, 0.2) is 9.84 Å². The summed E-state index contributed by atoms with van der Waals surface area (Å²) in [4.78, 5) is 3.17. The first-order valence-corrected chi connectivity index (χ1v) is 14.2. The van der Waals surface area contributed by atoms with Crippen LogP contribution in [0.15, 0.2) is 47.4 Å². The minimum Gasteiger partial charge on any atom is -0.496 e. The molecule has 0 unspecified atom stereocenters. The van der Waals surface area contributed by atoms with Crippen molar-refractivity contribution in [3.05, 3.63) is 48.0 Å². The number of fused-ring (bicyclic) bond motifs is 2. The first-order chi connectivity index (χ1) is 15.9. The number of hydrogen-bond donors (Lipinski definition) is 0. The van der Waals surface area contributed by atoms with E-state index in [-0.39, 0.29) is 0 Å². The van der Waals surface area contributed by atoms with Gasteiger partial charge in [0.1, 0.15) is 5.75 Å². The van der Waals surface area contributed by atoms with Crippen LogP contribution in [0, 0.1) is 11.8 Å². The molecule has 0 N–H and O–H groups in total. The molecule has 4 nitrogen and oxygen atoms in total. The van der Waals surface area contributed by atoms with E-state index in [0.717, 1.165) is 34.8 Å². The third-order valence-electron chi connectivity index (χ3n) is 8.51. The minimum atomic E-state index is -3.25. The Kier molecular flexibility index (Phi) is 6.30. The number of rotatable bonds is 6. The molecule has 5 heteroatoms. The van der Waals surface area contributed by atoms with Crippen LogP contribution in [0.2, 0.25) is 0 Å². The molecule has 5 rings (SSSR count). The molecule has 2 aromatic rings. The standard InChI is InChI=1S/C28H37NO3S/c1-19(2)33(30,31)25-9-6-21(7-10-25)23-8-11-28(32-3)26(18-23)22-12-14-29(15-13-22)27-17-20-4-5-24(27)16-20/h6-11,18-20,22,24,27H,4-5,12-17H2,1-3H3/t20-,24-,27-/m0/s1. The van der Waals surface area contributed by atoms with Crippen LogP contribution in [0.4, 0.5) is 0 Å². The first-order valence-electron chi connectivity index (χ1n) is 12.6. The van der Waals surface area contributed by atoms with Crippen LogP contribution >= 0.6 is 0 Å². The monoisotopic (exact) mass is 467 g/mol. The summed E-state index contributed by atoms with van der Waals surface area (Å²) >= 11 is 0. The highest BCUT2D eigenvalue weighted by Gasteiger charge is 2.43. The van der Waals surface area contributed by atoms with Crippen LogP contribution in [-0.2, 0) is 9.84 Å². The van der Waals surface area contributed by atoms with E-state index in [4.69, 9.17) is 4.74 Å². The van der Waals surface area contributed by atoms with E-state index in [1.165, 1.54) is 57.2 Å². The number of likely N-dealkylation sites (tertiary alicyclic amines) is 1. The molecule has 2 bridgehead atoms. The number of sulfone groups is 1. The number of methoxy groups -OCH3 is 1. The quantitative estimate of drug-likeness (QED) is 0.530. The first kappa shape index (κ1) is 22.9. The molecule has 1 saturated heterocycles. The lowest BCUT2D eigenvalue weighted by molar-refractivity contribution is 0.110. The SMILES string of the molecule is COc1ccc(-c2ccc(S(=O)(=O)C(C)C)cc2)cc1C1CCN([C@H]2C[C@H]3CC[C@H]2C3)CC1. The van der Waals surface area contributed by atoms with Crippen molar-refractivity contribution in [3.8, 4) is 16.9 Å². The highest BCUT2D eigenvalue weighted by molar-refractivity contribution is 7.92. The van der Waals surface area contributed by atoms with Gasteiger partial charge in [-0.3, -0.25) is 0 Å². The Morgan fingerprint density at radius 3 is 2.18 bits per heavy atom. The van der Waals surface area contributed by atoms with Crippen molar-refractivity contribution < 1.29 is 13.2 Å². The zero-order chi connectivity index (χ0) is 23.2. The maximum absolute atomic E-state index is 12.5. The lowest BCUT2D eigenvalue weighted by atomic mass is 9.85. The van der Waals surface area contributed by atoms with Gasteiger partial charge in [0.25, 0.3) is 0 Å². The number of ether oxygens (including phenoxy) is 1. The van der Waals surface area contributed by atoms with Gasteiger partial charge in [0.2, 0.25) is 0 Å². The summed E-state index contributed by atoms with van der Waals surface area (Å²) in [7, 11) is -1.49. The fraction of sp³-hybridized carbons (Fsp3) is 0.571. The molecule has 1 aliphatic heterocycles. The van der Waals surface area contributed by atoms with Crippen molar-refractivity contribution in [1.82, 2.24) is 4.90 Å². The third kappa shape index (κ3) is 4.35. The molecule has 0 spiro atoms. The summed E-state index contributed by atoms with van der Waals surface area (Å²) < 4.78 is 30.7. The summed E-state index contributed by atoms with van der Waals surface area (Å²) in [5.74, 6) is 3.43. The Hall–Kier alpha value is -1.85. The molecule has 178 valence electrons. The van der Waals surface area contributed by atoms with E-state index in [1.54, 1.807) is 33.1 Å². The van der Waals surface area contributed by atoms with Gasteiger partial charge >= 0.3 is 0 Å². The van der Waals surface area contributed by atoms with Gasteiger partial charge in [-0.1, -0.05) is 24.6 Å². The van der Waals surface area contributed by atoms with Crippen LogP contribution in [0.25, 0.3) is 11.1 Å². The van der Waals surface area contributed by atoms with Gasteiger partial charge in [0.05, 0.1) is 17.3 Å². The van der Waals surface area contributed by atoms with Gasteiger partial charge in [-0.05, 0) is 118 Å². The number of benzene rings is 2. The molecule has 0 radical (unpaired) electrons. The zero-order valence-electron chi connectivity index (χ0n) is 20.2. The van der Waals surface area contributed by atoms with Gasteiger partial charge in [-0.15, -0.1) is 0 Å². The molecular formula is C28H37NO3S. The highest BCUT2D eigenvalue weighted by Crippen LogP contribution is 2.48. The van der Waals surface area contributed by atoms with Crippen LogP contribution in [0.5, 0.6) is 5.75 Å². The predicted molar refractivity (Wildman–Crippen MR) is 134 cm³/mol. The fourth-order valence-corrected chi connectivity index (χ4v) is 7.60. The number of hydrogen-bond acceptors (Lipinski definition) is 4. The van der Waals surface area contributed by atoms with Gasteiger partial charge in [-0.2, -0.15) is 0 Å². The van der Waals surface area contributed by atoms with Gasteiger partial charge in [0, 0.05) is 6.04 Å². The maximum atomic E-state index is 12.5. The lowest BCUT2D eigenvalue weighted by Gasteiger charge is -2.40. The molecule has 1 heterocycles. The smallest absolute Gasteiger partial charge is 0.180 e. The maximum Gasteiger partial charge on any atom is 0.180 e. The Balaban J connectivity index is 1.33. The Bertz CT molecular complexity index is 1080. The van der Waals surface area contributed by atoms with Crippen molar-refractivity contribution in [2.45, 2.75) is 74.5 Å². The van der Waals surface area contributed by atoms with Crippen LogP contribution < -0.4 is 4.74 Å². The average Bonchev–Trinajstić information content (AvgIpc) is 3.48. The van der Waals surface area contributed by atoms with Crippen LogP contribution in [0.3, 0.4) is 0 Å². The Morgan fingerprint density at radius 2 is 1.61 bits per heavy atom. The zero-order valence-corrected chi connectivity index (χ0v) is 21.0. The largest absolute Gasteiger partial charge is 0.496 e. The van der Waals surface area contributed by atoms with Crippen molar-refractivity contribution in [3.63, 3.8) is 0 Å². The summed E-state index contributed by atoms with van der Waals surface area (Å²) in [6.07, 6.45) is 8.17. The molecular weight excluding hydrogens is 430 g/mol. The number of nitrogens with zero attached hydrogens (tertiary/aromatic N) is 1. The molecule has 3 fully saturated rings. The topological polar surface area (TPSA) is 46.6 Å². The van der Waals surface area contributed by atoms with Crippen molar-refractivity contribution in [1.29, 1.82) is 0 Å². The van der Waals surface area contributed by atoms with E-state index in [1.807, 2.05) is 12.1 Å². The molecule has 2 aliphatic carbocycles. The molecule has 0 aromatic heterocycles.